The third-order valence-electron chi connectivity index (χ3n) is 4.37. The van der Waals surface area contributed by atoms with Crippen molar-refractivity contribution < 1.29 is 24.5 Å². The van der Waals surface area contributed by atoms with Crippen molar-refractivity contribution in [2.24, 2.45) is 0 Å². The van der Waals surface area contributed by atoms with Gasteiger partial charge in [0.25, 0.3) is 0 Å². The fourth-order valence-electron chi connectivity index (χ4n) is 2.81. The SMILES string of the molecule is Cc1ccc(NC(=O)C[C@@H](C(=O)[O-])[NH+]2CC[NH+](C)CC2)cc1Cl. The van der Waals surface area contributed by atoms with Crippen molar-refractivity contribution in [3.63, 3.8) is 0 Å². The molecule has 1 heterocycles. The zero-order chi connectivity index (χ0) is 17.0. The lowest BCUT2D eigenvalue weighted by molar-refractivity contribution is -1.01. The van der Waals surface area contributed by atoms with Crippen LogP contribution in [0, 0.1) is 6.92 Å². The minimum atomic E-state index is -1.17. The normalized spacial score (nSPS) is 22.4. The Bertz CT molecular complexity index is 586. The fourth-order valence-corrected chi connectivity index (χ4v) is 2.99. The first-order valence-electron chi connectivity index (χ1n) is 7.79. The Hall–Kier alpha value is -1.63. The quantitative estimate of drug-likeness (QED) is 0.555. The molecule has 1 fully saturated rings. The molecule has 126 valence electrons. The van der Waals surface area contributed by atoms with Gasteiger partial charge in [0.05, 0.1) is 19.4 Å². The highest BCUT2D eigenvalue weighted by Crippen LogP contribution is 2.20. The lowest BCUT2D eigenvalue weighted by atomic mass is 10.1. The molecular formula is C16H23ClN3O3+. The van der Waals surface area contributed by atoms with Crippen molar-refractivity contribution in [3.05, 3.63) is 28.8 Å². The second-order valence-electron chi connectivity index (χ2n) is 6.20. The molecule has 0 saturated carbocycles. The molecule has 7 heteroatoms. The van der Waals surface area contributed by atoms with Crippen LogP contribution in [0.15, 0.2) is 18.2 Å². The first-order valence-corrected chi connectivity index (χ1v) is 8.17. The number of benzene rings is 1. The van der Waals surface area contributed by atoms with Crippen LogP contribution in [0.25, 0.3) is 0 Å². The summed E-state index contributed by atoms with van der Waals surface area (Å²) < 4.78 is 0. The van der Waals surface area contributed by atoms with E-state index in [1.165, 1.54) is 4.90 Å². The van der Waals surface area contributed by atoms with Crippen LogP contribution in [-0.4, -0.2) is 51.1 Å². The molecule has 1 atom stereocenters. The number of carbonyl (C=O) groups excluding carboxylic acids is 2. The smallest absolute Gasteiger partial charge is 0.230 e. The molecule has 1 aliphatic heterocycles. The average molecular weight is 341 g/mol. The predicted octanol–water partition coefficient (Wildman–Crippen LogP) is -2.49. The van der Waals surface area contributed by atoms with Gasteiger partial charge in [0, 0.05) is 10.7 Å². The number of hydrogen-bond donors (Lipinski definition) is 3. The van der Waals surface area contributed by atoms with Crippen LogP contribution in [-0.2, 0) is 9.59 Å². The van der Waals surface area contributed by atoms with Crippen LogP contribution in [0.2, 0.25) is 5.02 Å². The van der Waals surface area contributed by atoms with E-state index in [0.717, 1.165) is 36.6 Å². The van der Waals surface area contributed by atoms with E-state index in [1.54, 1.807) is 12.1 Å². The lowest BCUT2D eigenvalue weighted by Gasteiger charge is -2.33. The molecule has 0 radical (unpaired) electrons. The van der Waals surface area contributed by atoms with E-state index in [0.29, 0.717) is 10.7 Å². The van der Waals surface area contributed by atoms with E-state index >= 15 is 0 Å². The number of likely N-dealkylation sites (N-methyl/N-ethyl adjacent to an activating group) is 1. The molecule has 1 saturated heterocycles. The van der Waals surface area contributed by atoms with E-state index in [1.807, 2.05) is 13.0 Å². The summed E-state index contributed by atoms with van der Waals surface area (Å²) in [5.74, 6) is -1.51. The van der Waals surface area contributed by atoms with Gasteiger partial charge in [0.2, 0.25) is 5.91 Å². The Morgan fingerprint density at radius 2 is 1.96 bits per heavy atom. The summed E-state index contributed by atoms with van der Waals surface area (Å²) in [5, 5.41) is 14.7. The Kier molecular flexibility index (Phi) is 5.98. The summed E-state index contributed by atoms with van der Waals surface area (Å²) >= 11 is 6.03. The number of anilines is 1. The Morgan fingerprint density at radius 1 is 1.30 bits per heavy atom. The molecular weight excluding hydrogens is 318 g/mol. The highest BCUT2D eigenvalue weighted by Gasteiger charge is 2.30. The molecule has 3 N–H and O–H groups in total. The highest BCUT2D eigenvalue weighted by molar-refractivity contribution is 6.31. The van der Waals surface area contributed by atoms with E-state index in [4.69, 9.17) is 11.6 Å². The number of quaternary nitrogens is 2. The third kappa shape index (κ3) is 4.92. The maximum atomic E-state index is 12.2. The van der Waals surface area contributed by atoms with Crippen molar-refractivity contribution in [3.8, 4) is 0 Å². The van der Waals surface area contributed by atoms with Gasteiger partial charge in [-0.3, -0.25) is 4.79 Å². The van der Waals surface area contributed by atoms with Crippen LogP contribution < -0.4 is 20.2 Å². The molecule has 6 nitrogen and oxygen atoms in total. The number of carbonyl (C=O) groups is 2. The topological polar surface area (TPSA) is 78.1 Å². The minimum Gasteiger partial charge on any atom is -0.544 e. The number of nitrogens with one attached hydrogen (secondary N) is 3. The van der Waals surface area contributed by atoms with Crippen LogP contribution in [0.5, 0.6) is 0 Å². The van der Waals surface area contributed by atoms with Gasteiger partial charge in [-0.05, 0) is 24.6 Å². The average Bonchev–Trinajstić information content (AvgIpc) is 2.49. The highest BCUT2D eigenvalue weighted by atomic mass is 35.5. The van der Waals surface area contributed by atoms with Gasteiger partial charge < -0.3 is 25.0 Å². The van der Waals surface area contributed by atoms with Gasteiger partial charge in [-0.25, -0.2) is 0 Å². The molecule has 1 aromatic rings. The lowest BCUT2D eigenvalue weighted by Crippen LogP contribution is -3.29. The number of rotatable bonds is 5. The minimum absolute atomic E-state index is 0.0950. The molecule has 2 rings (SSSR count). The van der Waals surface area contributed by atoms with Gasteiger partial charge in [-0.15, -0.1) is 0 Å². The predicted molar refractivity (Wildman–Crippen MR) is 85.5 cm³/mol. The molecule has 1 amide bonds. The zero-order valence-corrected chi connectivity index (χ0v) is 14.2. The summed E-state index contributed by atoms with van der Waals surface area (Å²) in [7, 11) is 2.08. The van der Waals surface area contributed by atoms with Gasteiger partial charge in [0.1, 0.15) is 32.2 Å². The summed E-state index contributed by atoms with van der Waals surface area (Å²) in [5.41, 5.74) is 1.49. The number of piperazine rings is 1. The van der Waals surface area contributed by atoms with Crippen molar-refractivity contribution in [1.82, 2.24) is 0 Å². The molecule has 0 aromatic heterocycles. The van der Waals surface area contributed by atoms with Crippen LogP contribution in [0.1, 0.15) is 12.0 Å². The number of amides is 1. The zero-order valence-electron chi connectivity index (χ0n) is 13.4. The summed E-state index contributed by atoms with van der Waals surface area (Å²) in [6.07, 6.45) is -0.0950. The number of halogens is 1. The third-order valence-corrected chi connectivity index (χ3v) is 4.78. The number of carboxylic acid groups (broad SMARTS) is 1. The van der Waals surface area contributed by atoms with E-state index in [-0.39, 0.29) is 12.3 Å². The number of aliphatic carboxylic acids is 1. The van der Waals surface area contributed by atoms with E-state index in [2.05, 4.69) is 12.4 Å². The fraction of sp³-hybridized carbons (Fsp3) is 0.500. The largest absolute Gasteiger partial charge is 0.544 e. The van der Waals surface area contributed by atoms with Crippen LogP contribution >= 0.6 is 11.6 Å². The Balaban J connectivity index is 1.97. The Morgan fingerprint density at radius 3 is 2.52 bits per heavy atom. The van der Waals surface area contributed by atoms with Crippen LogP contribution in [0.3, 0.4) is 0 Å². The molecule has 1 aliphatic rings. The van der Waals surface area contributed by atoms with Gasteiger partial charge in [-0.1, -0.05) is 17.7 Å². The van der Waals surface area contributed by atoms with Gasteiger partial charge in [0.15, 0.2) is 0 Å². The Labute approximate surface area is 141 Å². The molecule has 1 aromatic carbocycles. The maximum absolute atomic E-state index is 12.2. The van der Waals surface area contributed by atoms with Crippen molar-refractivity contribution in [1.29, 1.82) is 0 Å². The molecule has 23 heavy (non-hydrogen) atoms. The summed E-state index contributed by atoms with van der Waals surface area (Å²) in [6, 6.07) is 4.40. The first kappa shape index (κ1) is 17.7. The first-order chi connectivity index (χ1) is 10.9. The van der Waals surface area contributed by atoms with Gasteiger partial charge in [-0.2, -0.15) is 0 Å². The van der Waals surface area contributed by atoms with Gasteiger partial charge >= 0.3 is 0 Å². The second kappa shape index (κ2) is 7.77. The van der Waals surface area contributed by atoms with Crippen molar-refractivity contribution >= 4 is 29.2 Å². The summed E-state index contributed by atoms with van der Waals surface area (Å²) in [4.78, 5) is 25.9. The van der Waals surface area contributed by atoms with Crippen LogP contribution in [0.4, 0.5) is 5.69 Å². The molecule has 0 aliphatic carbocycles. The molecule has 0 unspecified atom stereocenters. The number of hydrogen-bond acceptors (Lipinski definition) is 3. The summed E-state index contributed by atoms with van der Waals surface area (Å²) in [6.45, 7) is 5.13. The number of carboxylic acids is 1. The maximum Gasteiger partial charge on any atom is 0.230 e. The van der Waals surface area contributed by atoms with Crippen molar-refractivity contribution in [2.45, 2.75) is 19.4 Å². The van der Waals surface area contributed by atoms with Crippen molar-refractivity contribution in [2.75, 3.05) is 38.5 Å². The monoisotopic (exact) mass is 340 g/mol. The number of aryl methyl sites for hydroxylation is 1. The standard InChI is InChI=1S/C16H22ClN3O3/c1-11-3-4-12(9-13(11)17)18-15(21)10-14(16(22)23)20-7-5-19(2)6-8-20/h3-4,9,14H,5-8,10H2,1-2H3,(H,18,21)(H,22,23)/p+1/t14-/m0/s1. The molecule has 0 spiro atoms. The van der Waals surface area contributed by atoms with E-state index in [9.17, 15) is 14.7 Å². The second-order valence-corrected chi connectivity index (χ2v) is 6.61. The molecule has 0 bridgehead atoms. The van der Waals surface area contributed by atoms with E-state index < -0.39 is 12.0 Å².